The van der Waals surface area contributed by atoms with Crippen LogP contribution in [0.4, 0.5) is 0 Å². The van der Waals surface area contributed by atoms with Gasteiger partial charge in [0.2, 0.25) is 0 Å². The van der Waals surface area contributed by atoms with Crippen molar-refractivity contribution in [1.29, 1.82) is 0 Å². The quantitative estimate of drug-likeness (QED) is 0.0222. The van der Waals surface area contributed by atoms with E-state index in [0.717, 1.165) is 108 Å². The molecule has 0 aliphatic rings. The summed E-state index contributed by atoms with van der Waals surface area (Å²) in [5.41, 5.74) is 0. The number of esters is 4. The SMILES string of the molecule is CCCCCCCCCCCCCCCCCCCCCCCC(=O)OC[C@H](COP(=O)(O)OC[C@@H](O)COP(=O)(O)OC[C@@H](COC(=O)CCCCCCCCCC(C)C)OC(=O)CCCCCCCCCCCCC(C)C)OC(=O)CCCCCCCCCCCCCCCCCCCCC(C)C. The van der Waals surface area contributed by atoms with E-state index in [-0.39, 0.29) is 25.7 Å². The Hall–Kier alpha value is -1.94. The standard InChI is InChI=1S/C86H168O17P2/c1-8-9-10-11-12-13-14-15-16-17-18-19-20-24-27-30-33-39-46-53-60-67-83(88)96-73-81(102-85(90)69-62-55-47-40-34-31-28-25-22-21-23-26-29-32-37-43-50-57-64-77(2)3)75-100-104(92,93)98-71-80(87)72-99-105(94,95)101-76-82(74-97-84(89)68-61-54-49-42-45-52-59-66-79(6)7)103-86(91)70-63-56-48-41-36-35-38-44-51-58-65-78(4)5/h77-82,87H,8-76H2,1-7H3,(H,92,93)(H,94,95)/t80-,81-,82-/m1/s1. The van der Waals surface area contributed by atoms with Crippen molar-refractivity contribution in [2.75, 3.05) is 39.6 Å². The predicted molar refractivity (Wildman–Crippen MR) is 432 cm³/mol. The number of carbonyl (C=O) groups is 4. The monoisotopic (exact) mass is 1540 g/mol. The minimum atomic E-state index is -4.97. The molecule has 624 valence electrons. The Kier molecular flexibility index (Phi) is 74.7. The first-order valence-electron chi connectivity index (χ1n) is 44.3. The molecule has 0 saturated heterocycles. The van der Waals surface area contributed by atoms with Crippen molar-refractivity contribution in [2.45, 2.75) is 471 Å². The van der Waals surface area contributed by atoms with Crippen LogP contribution in [0, 0.1) is 17.8 Å². The zero-order valence-corrected chi connectivity index (χ0v) is 71.0. The van der Waals surface area contributed by atoms with Crippen LogP contribution in [-0.2, 0) is 65.4 Å². The molecule has 0 bridgehead atoms. The van der Waals surface area contributed by atoms with Gasteiger partial charge in [-0.25, -0.2) is 9.13 Å². The third-order valence-electron chi connectivity index (χ3n) is 20.1. The Morgan fingerprint density at radius 1 is 0.257 bits per heavy atom. The predicted octanol–water partition coefficient (Wildman–Crippen LogP) is 26.1. The van der Waals surface area contributed by atoms with Crippen molar-refractivity contribution in [3.8, 4) is 0 Å². The summed E-state index contributed by atoms with van der Waals surface area (Å²) in [6, 6.07) is 0. The third-order valence-corrected chi connectivity index (χ3v) is 22.0. The molecule has 0 aliphatic heterocycles. The summed E-state index contributed by atoms with van der Waals surface area (Å²) in [5, 5.41) is 10.7. The molecule has 0 aliphatic carbocycles. The lowest BCUT2D eigenvalue weighted by Crippen LogP contribution is -2.30. The van der Waals surface area contributed by atoms with Gasteiger partial charge in [0.1, 0.15) is 19.3 Å². The van der Waals surface area contributed by atoms with E-state index in [1.165, 1.54) is 257 Å². The number of aliphatic hydroxyl groups is 1. The summed E-state index contributed by atoms with van der Waals surface area (Å²) in [7, 11) is -9.93. The van der Waals surface area contributed by atoms with Gasteiger partial charge in [0.25, 0.3) is 0 Å². The maximum absolute atomic E-state index is 13.1. The van der Waals surface area contributed by atoms with Gasteiger partial charge < -0.3 is 33.8 Å². The third kappa shape index (κ3) is 79.9. The van der Waals surface area contributed by atoms with Crippen molar-refractivity contribution in [1.82, 2.24) is 0 Å². The number of phosphoric acid groups is 2. The number of rotatable bonds is 84. The lowest BCUT2D eigenvalue weighted by Gasteiger charge is -2.21. The fraction of sp³-hybridized carbons (Fsp3) is 0.953. The molecule has 2 unspecified atom stereocenters. The van der Waals surface area contributed by atoms with Gasteiger partial charge in [-0.05, 0) is 43.4 Å². The molecule has 0 aromatic heterocycles. The van der Waals surface area contributed by atoms with Crippen molar-refractivity contribution < 1.29 is 80.2 Å². The van der Waals surface area contributed by atoms with E-state index in [4.69, 9.17) is 37.0 Å². The number of aliphatic hydroxyl groups excluding tert-OH is 1. The van der Waals surface area contributed by atoms with Crippen LogP contribution in [0.5, 0.6) is 0 Å². The molecule has 0 heterocycles. The summed E-state index contributed by atoms with van der Waals surface area (Å²) < 4.78 is 68.8. The average molecular weight is 1540 g/mol. The Bertz CT molecular complexity index is 2030. The smallest absolute Gasteiger partial charge is 0.462 e. The Morgan fingerprint density at radius 2 is 0.438 bits per heavy atom. The number of ether oxygens (including phenoxy) is 4. The van der Waals surface area contributed by atoms with Gasteiger partial charge in [0, 0.05) is 25.7 Å². The summed E-state index contributed by atoms with van der Waals surface area (Å²) in [6.07, 6.45) is 67.0. The minimum Gasteiger partial charge on any atom is -0.462 e. The van der Waals surface area contributed by atoms with E-state index in [1.807, 2.05) is 0 Å². The van der Waals surface area contributed by atoms with Gasteiger partial charge in [-0.2, -0.15) is 0 Å². The second kappa shape index (κ2) is 76.1. The molecular formula is C86H168O17P2. The topological polar surface area (TPSA) is 237 Å². The Labute approximate surface area is 645 Å². The molecule has 3 N–H and O–H groups in total. The van der Waals surface area contributed by atoms with Crippen LogP contribution in [0.25, 0.3) is 0 Å². The van der Waals surface area contributed by atoms with Gasteiger partial charge in [-0.15, -0.1) is 0 Å². The number of hydrogen-bond acceptors (Lipinski definition) is 15. The number of hydrogen-bond donors (Lipinski definition) is 3. The van der Waals surface area contributed by atoms with Crippen LogP contribution in [0.1, 0.15) is 453 Å². The summed E-state index contributed by atoms with van der Waals surface area (Å²) in [4.78, 5) is 73.2. The molecule has 0 aromatic carbocycles. The van der Waals surface area contributed by atoms with Gasteiger partial charge in [-0.3, -0.25) is 37.3 Å². The molecule has 0 rings (SSSR count). The van der Waals surface area contributed by atoms with Crippen molar-refractivity contribution in [2.24, 2.45) is 17.8 Å². The summed E-state index contributed by atoms with van der Waals surface area (Å²) in [5.74, 6) is 0.169. The van der Waals surface area contributed by atoms with Crippen LogP contribution in [0.3, 0.4) is 0 Å². The number of phosphoric ester groups is 2. The van der Waals surface area contributed by atoms with Crippen molar-refractivity contribution in [3.63, 3.8) is 0 Å². The van der Waals surface area contributed by atoms with Crippen LogP contribution in [0.2, 0.25) is 0 Å². The number of carbonyl (C=O) groups excluding carboxylic acids is 4. The van der Waals surface area contributed by atoms with Gasteiger partial charge in [-0.1, -0.05) is 402 Å². The van der Waals surface area contributed by atoms with E-state index in [0.29, 0.717) is 31.6 Å². The van der Waals surface area contributed by atoms with Gasteiger partial charge >= 0.3 is 39.5 Å². The molecular weight excluding hydrogens is 1370 g/mol. The van der Waals surface area contributed by atoms with Crippen LogP contribution in [-0.4, -0.2) is 96.7 Å². The van der Waals surface area contributed by atoms with Gasteiger partial charge in [0.05, 0.1) is 26.4 Å². The van der Waals surface area contributed by atoms with Crippen LogP contribution < -0.4 is 0 Å². The molecule has 105 heavy (non-hydrogen) atoms. The molecule has 0 saturated carbocycles. The molecule has 5 atom stereocenters. The zero-order chi connectivity index (χ0) is 77.2. The molecule has 0 spiro atoms. The average Bonchev–Trinajstić information content (AvgIpc) is 0.912. The van der Waals surface area contributed by atoms with E-state index in [1.54, 1.807) is 0 Å². The fourth-order valence-corrected chi connectivity index (χ4v) is 14.9. The van der Waals surface area contributed by atoms with E-state index < -0.39 is 97.5 Å². The van der Waals surface area contributed by atoms with Crippen molar-refractivity contribution in [3.05, 3.63) is 0 Å². The Morgan fingerprint density at radius 3 is 0.648 bits per heavy atom. The van der Waals surface area contributed by atoms with E-state index in [9.17, 15) is 43.2 Å². The highest BCUT2D eigenvalue weighted by molar-refractivity contribution is 7.47. The maximum atomic E-state index is 13.1. The van der Waals surface area contributed by atoms with Crippen LogP contribution >= 0.6 is 15.6 Å². The van der Waals surface area contributed by atoms with E-state index in [2.05, 4.69) is 48.5 Å². The Balaban J connectivity index is 5.21. The first-order chi connectivity index (χ1) is 50.7. The zero-order valence-electron chi connectivity index (χ0n) is 69.2. The number of unbranched alkanes of at least 4 members (excludes halogenated alkanes) is 52. The summed E-state index contributed by atoms with van der Waals surface area (Å²) >= 11 is 0. The molecule has 17 nitrogen and oxygen atoms in total. The molecule has 0 radical (unpaired) electrons. The van der Waals surface area contributed by atoms with E-state index >= 15 is 0 Å². The largest absolute Gasteiger partial charge is 0.472 e. The first-order valence-corrected chi connectivity index (χ1v) is 47.3. The minimum absolute atomic E-state index is 0.105. The highest BCUT2D eigenvalue weighted by Crippen LogP contribution is 2.45. The lowest BCUT2D eigenvalue weighted by molar-refractivity contribution is -0.161. The second-order valence-corrected chi connectivity index (χ2v) is 35.3. The summed E-state index contributed by atoms with van der Waals surface area (Å²) in [6.45, 7) is 11.9. The molecule has 0 aromatic rings. The maximum Gasteiger partial charge on any atom is 0.472 e. The fourth-order valence-electron chi connectivity index (χ4n) is 13.4. The molecule has 0 fully saturated rings. The second-order valence-electron chi connectivity index (χ2n) is 32.4. The first kappa shape index (κ1) is 103. The normalized spacial score (nSPS) is 13.9. The van der Waals surface area contributed by atoms with Crippen molar-refractivity contribution >= 4 is 39.5 Å². The highest BCUT2D eigenvalue weighted by Gasteiger charge is 2.30. The lowest BCUT2D eigenvalue weighted by atomic mass is 10.0. The molecule has 0 amide bonds. The molecule has 19 heteroatoms. The van der Waals surface area contributed by atoms with Crippen LogP contribution in [0.15, 0.2) is 0 Å². The van der Waals surface area contributed by atoms with Gasteiger partial charge in [0.15, 0.2) is 12.2 Å². The highest BCUT2D eigenvalue weighted by atomic mass is 31.2.